The molecular formula is C33H34N2. The van der Waals surface area contributed by atoms with Gasteiger partial charge >= 0.3 is 0 Å². The highest BCUT2D eigenvalue weighted by Gasteiger charge is 2.53. The van der Waals surface area contributed by atoms with Crippen molar-refractivity contribution in [1.29, 1.82) is 0 Å². The van der Waals surface area contributed by atoms with Crippen molar-refractivity contribution in [1.82, 2.24) is 9.80 Å². The molecule has 2 heteroatoms. The SMILES string of the molecule is CCN(CC)Cc1cccc2c1C1(c3ccccc3-c3ccccc31)c1c(CN(C)C)cccc1-2. The Hall–Kier alpha value is -3.20. The van der Waals surface area contributed by atoms with Gasteiger partial charge in [-0.05, 0) is 82.8 Å². The molecule has 0 aliphatic heterocycles. The molecule has 0 amide bonds. The van der Waals surface area contributed by atoms with Crippen LogP contribution >= 0.6 is 0 Å². The molecule has 0 heterocycles. The zero-order valence-corrected chi connectivity index (χ0v) is 21.3. The van der Waals surface area contributed by atoms with Crippen LogP contribution in [0.5, 0.6) is 0 Å². The van der Waals surface area contributed by atoms with E-state index >= 15 is 0 Å². The van der Waals surface area contributed by atoms with Gasteiger partial charge in [0.15, 0.2) is 0 Å². The Bertz CT molecular complexity index is 1370. The minimum Gasteiger partial charge on any atom is -0.305 e. The Morgan fingerprint density at radius 1 is 0.543 bits per heavy atom. The molecule has 2 aliphatic carbocycles. The van der Waals surface area contributed by atoms with E-state index in [1.54, 1.807) is 0 Å². The van der Waals surface area contributed by atoms with Gasteiger partial charge < -0.3 is 4.90 Å². The van der Waals surface area contributed by atoms with Crippen molar-refractivity contribution in [3.8, 4) is 22.3 Å². The molecule has 0 saturated heterocycles. The van der Waals surface area contributed by atoms with E-state index in [4.69, 9.17) is 0 Å². The fourth-order valence-electron chi connectivity index (χ4n) is 6.73. The van der Waals surface area contributed by atoms with E-state index in [1.807, 2.05) is 0 Å². The van der Waals surface area contributed by atoms with Gasteiger partial charge in [0.25, 0.3) is 0 Å². The number of rotatable bonds is 6. The third-order valence-electron chi connectivity index (χ3n) is 8.07. The first-order valence-corrected chi connectivity index (χ1v) is 12.9. The highest BCUT2D eigenvalue weighted by atomic mass is 15.1. The van der Waals surface area contributed by atoms with Crippen molar-refractivity contribution in [3.63, 3.8) is 0 Å². The Kier molecular flexibility index (Phi) is 5.40. The highest BCUT2D eigenvalue weighted by Crippen LogP contribution is 2.64. The van der Waals surface area contributed by atoms with E-state index in [0.717, 1.165) is 26.2 Å². The quantitative estimate of drug-likeness (QED) is 0.267. The number of nitrogens with zero attached hydrogens (tertiary/aromatic N) is 2. The molecule has 4 aromatic rings. The van der Waals surface area contributed by atoms with Crippen LogP contribution in [0.4, 0.5) is 0 Å². The van der Waals surface area contributed by atoms with Crippen LogP contribution in [0, 0.1) is 0 Å². The minimum absolute atomic E-state index is 0.284. The summed E-state index contributed by atoms with van der Waals surface area (Å²) in [7, 11) is 4.35. The van der Waals surface area contributed by atoms with Gasteiger partial charge in [0.05, 0.1) is 5.41 Å². The van der Waals surface area contributed by atoms with E-state index in [-0.39, 0.29) is 5.41 Å². The zero-order valence-electron chi connectivity index (χ0n) is 21.3. The molecule has 35 heavy (non-hydrogen) atoms. The molecular weight excluding hydrogens is 424 g/mol. The molecule has 0 bridgehead atoms. The Morgan fingerprint density at radius 2 is 1.00 bits per heavy atom. The van der Waals surface area contributed by atoms with Crippen LogP contribution in [0.15, 0.2) is 84.9 Å². The van der Waals surface area contributed by atoms with Crippen LogP contribution < -0.4 is 0 Å². The Labute approximate surface area is 209 Å². The van der Waals surface area contributed by atoms with Gasteiger partial charge in [0.1, 0.15) is 0 Å². The molecule has 0 radical (unpaired) electrons. The summed E-state index contributed by atoms with van der Waals surface area (Å²) in [6, 6.07) is 32.2. The maximum atomic E-state index is 2.54. The fourth-order valence-corrected chi connectivity index (χ4v) is 6.73. The van der Waals surface area contributed by atoms with Crippen molar-refractivity contribution < 1.29 is 0 Å². The lowest BCUT2D eigenvalue weighted by Crippen LogP contribution is -2.31. The van der Waals surface area contributed by atoms with E-state index in [9.17, 15) is 0 Å². The summed E-state index contributed by atoms with van der Waals surface area (Å²) in [5.74, 6) is 0. The Morgan fingerprint density at radius 3 is 1.49 bits per heavy atom. The molecule has 1 spiro atoms. The lowest BCUT2D eigenvalue weighted by molar-refractivity contribution is 0.294. The second-order valence-corrected chi connectivity index (χ2v) is 10.2. The van der Waals surface area contributed by atoms with Crippen LogP contribution in [-0.2, 0) is 18.5 Å². The van der Waals surface area contributed by atoms with Crippen LogP contribution in [0.25, 0.3) is 22.3 Å². The van der Waals surface area contributed by atoms with Crippen molar-refractivity contribution in [3.05, 3.63) is 118 Å². The van der Waals surface area contributed by atoms with E-state index < -0.39 is 0 Å². The molecule has 176 valence electrons. The molecule has 0 saturated carbocycles. The number of fused-ring (bicyclic) bond motifs is 10. The third-order valence-corrected chi connectivity index (χ3v) is 8.07. The lowest BCUT2D eigenvalue weighted by atomic mass is 9.68. The summed E-state index contributed by atoms with van der Waals surface area (Å²) < 4.78 is 0. The van der Waals surface area contributed by atoms with Crippen LogP contribution in [0.3, 0.4) is 0 Å². The van der Waals surface area contributed by atoms with Crippen molar-refractivity contribution in [2.24, 2.45) is 0 Å². The van der Waals surface area contributed by atoms with Gasteiger partial charge in [-0.2, -0.15) is 0 Å². The lowest BCUT2D eigenvalue weighted by Gasteiger charge is -2.34. The molecule has 0 N–H and O–H groups in total. The average Bonchev–Trinajstić information content (AvgIpc) is 3.35. The molecule has 0 fully saturated rings. The third kappa shape index (κ3) is 3.10. The molecule has 2 aliphatic rings. The van der Waals surface area contributed by atoms with Crippen molar-refractivity contribution in [2.75, 3.05) is 27.2 Å². The second-order valence-electron chi connectivity index (χ2n) is 10.2. The predicted octanol–water partition coefficient (Wildman–Crippen LogP) is 6.93. The van der Waals surface area contributed by atoms with Crippen molar-refractivity contribution >= 4 is 0 Å². The fraction of sp³-hybridized carbons (Fsp3) is 0.273. The number of hydrogen-bond donors (Lipinski definition) is 0. The van der Waals surface area contributed by atoms with Crippen molar-refractivity contribution in [2.45, 2.75) is 32.4 Å². The second kappa shape index (κ2) is 8.48. The normalized spacial score (nSPS) is 14.3. The van der Waals surface area contributed by atoms with Crippen LogP contribution in [-0.4, -0.2) is 37.0 Å². The first kappa shape index (κ1) is 22.3. The molecule has 2 nitrogen and oxygen atoms in total. The standard InChI is InChI=1S/C33H34N2/c1-5-35(6-2)22-24-14-12-18-28-27-17-11-13-23(21-34(3)4)31(27)33(32(24)28)29-19-9-7-15-25(29)26-16-8-10-20-30(26)33/h7-20H,5-6,21-22H2,1-4H3. The maximum Gasteiger partial charge on any atom is 0.0731 e. The molecule has 0 unspecified atom stereocenters. The van der Waals surface area contributed by atoms with Gasteiger partial charge in [-0.25, -0.2) is 0 Å². The summed E-state index contributed by atoms with van der Waals surface area (Å²) >= 11 is 0. The van der Waals surface area contributed by atoms with E-state index in [2.05, 4.69) is 123 Å². The summed E-state index contributed by atoms with van der Waals surface area (Å²) in [4.78, 5) is 4.84. The van der Waals surface area contributed by atoms with Crippen LogP contribution in [0.2, 0.25) is 0 Å². The van der Waals surface area contributed by atoms with Gasteiger partial charge in [0, 0.05) is 13.1 Å². The first-order valence-electron chi connectivity index (χ1n) is 12.9. The highest BCUT2D eigenvalue weighted by molar-refractivity contribution is 5.96. The molecule has 6 rings (SSSR count). The average molecular weight is 459 g/mol. The first-order chi connectivity index (χ1) is 17.1. The molecule has 0 atom stereocenters. The maximum absolute atomic E-state index is 2.54. The van der Waals surface area contributed by atoms with Gasteiger partial charge in [-0.1, -0.05) is 98.8 Å². The summed E-state index contributed by atoms with van der Waals surface area (Å²) in [5.41, 5.74) is 14.0. The topological polar surface area (TPSA) is 6.48 Å². The summed E-state index contributed by atoms with van der Waals surface area (Å²) in [6.07, 6.45) is 0. The Balaban J connectivity index is 1.77. The zero-order chi connectivity index (χ0) is 24.2. The number of hydrogen-bond acceptors (Lipinski definition) is 2. The van der Waals surface area contributed by atoms with E-state index in [1.165, 1.54) is 55.6 Å². The smallest absolute Gasteiger partial charge is 0.0731 e. The number of benzene rings is 4. The molecule has 4 aromatic carbocycles. The summed E-state index contributed by atoms with van der Waals surface area (Å²) in [5, 5.41) is 0. The van der Waals surface area contributed by atoms with Crippen LogP contribution in [0.1, 0.15) is 47.2 Å². The largest absolute Gasteiger partial charge is 0.305 e. The van der Waals surface area contributed by atoms with Gasteiger partial charge in [-0.3, -0.25) is 4.90 Å². The van der Waals surface area contributed by atoms with E-state index in [0.29, 0.717) is 0 Å². The summed E-state index contributed by atoms with van der Waals surface area (Å²) in [6.45, 7) is 8.55. The minimum atomic E-state index is -0.284. The van der Waals surface area contributed by atoms with Gasteiger partial charge in [0.2, 0.25) is 0 Å². The van der Waals surface area contributed by atoms with Gasteiger partial charge in [-0.15, -0.1) is 0 Å². The molecule has 0 aromatic heterocycles. The predicted molar refractivity (Wildman–Crippen MR) is 147 cm³/mol. The monoisotopic (exact) mass is 458 g/mol.